The fraction of sp³-hybridized carbons (Fsp3) is 0.455. The second kappa shape index (κ2) is 7.79. The van der Waals surface area contributed by atoms with Gasteiger partial charge in [-0.15, -0.1) is 0 Å². The third-order valence-electron chi connectivity index (χ3n) is 4.78. The Morgan fingerprint density at radius 2 is 1.64 bits per heavy atom. The van der Waals surface area contributed by atoms with Crippen molar-refractivity contribution in [2.24, 2.45) is 0 Å². The molecule has 0 bridgehead atoms. The van der Waals surface area contributed by atoms with Gasteiger partial charge in [-0.2, -0.15) is 0 Å². The van der Waals surface area contributed by atoms with Crippen molar-refractivity contribution >= 4 is 24.9 Å². The van der Waals surface area contributed by atoms with Crippen LogP contribution in [-0.2, 0) is 5.41 Å². The Labute approximate surface area is 155 Å². The zero-order valence-corrected chi connectivity index (χ0v) is 17.7. The molecule has 1 unspecified atom stereocenters. The van der Waals surface area contributed by atoms with Gasteiger partial charge in [0.1, 0.15) is 5.75 Å². The number of hydrogen-bond donors (Lipinski definition) is 1. The lowest BCUT2D eigenvalue weighted by atomic mass is 9.86. The topological polar surface area (TPSA) is 23.5 Å². The number of nitrogens with zero attached hydrogens (tertiary/aromatic N) is 1. The molecule has 2 nitrogen and oxygen atoms in total. The minimum atomic E-state index is 0.0745. The fourth-order valence-electron chi connectivity index (χ4n) is 3.09. The van der Waals surface area contributed by atoms with Gasteiger partial charge in [0.25, 0.3) is 0 Å². The largest absolute Gasteiger partial charge is 0.507 e. The maximum absolute atomic E-state index is 10.7. The highest BCUT2D eigenvalue weighted by atomic mass is 31.1. The van der Waals surface area contributed by atoms with E-state index >= 15 is 0 Å². The van der Waals surface area contributed by atoms with Crippen molar-refractivity contribution in [2.45, 2.75) is 53.9 Å². The Bertz CT molecular complexity index is 742. The van der Waals surface area contributed by atoms with Crippen molar-refractivity contribution in [3.05, 3.63) is 47.0 Å². The summed E-state index contributed by atoms with van der Waals surface area (Å²) in [6, 6.07) is 10.8. The molecule has 2 rings (SSSR count). The summed E-state index contributed by atoms with van der Waals surface area (Å²) >= 11 is 0. The number of phenolic OH excluding ortho intramolecular Hbond substituents is 1. The van der Waals surface area contributed by atoms with E-state index in [1.807, 2.05) is 6.92 Å². The fourth-order valence-corrected chi connectivity index (χ4v) is 4.55. The third kappa shape index (κ3) is 4.36. The summed E-state index contributed by atoms with van der Waals surface area (Å²) < 4.78 is 0. The molecule has 0 spiro atoms. The molecule has 3 heteroatoms. The first-order valence-corrected chi connectivity index (χ1v) is 10.1. The van der Waals surface area contributed by atoms with E-state index in [1.165, 1.54) is 22.1 Å². The van der Waals surface area contributed by atoms with Crippen LogP contribution in [0.3, 0.4) is 0 Å². The maximum atomic E-state index is 10.7. The van der Waals surface area contributed by atoms with Crippen LogP contribution in [0.5, 0.6) is 5.75 Å². The van der Waals surface area contributed by atoms with Crippen LogP contribution in [0.4, 0.5) is 5.69 Å². The van der Waals surface area contributed by atoms with E-state index in [9.17, 15) is 5.11 Å². The average molecular weight is 357 g/mol. The average Bonchev–Trinajstić information content (AvgIpc) is 2.54. The number of hydrogen-bond acceptors (Lipinski definition) is 2. The Morgan fingerprint density at radius 3 is 2.20 bits per heavy atom. The smallest absolute Gasteiger partial charge is 0.126 e. The molecule has 0 aliphatic heterocycles. The van der Waals surface area contributed by atoms with Crippen LogP contribution in [0, 0.1) is 13.8 Å². The molecule has 0 aliphatic carbocycles. The first kappa shape index (κ1) is 19.8. The van der Waals surface area contributed by atoms with Gasteiger partial charge in [-0.25, -0.2) is 0 Å². The van der Waals surface area contributed by atoms with Gasteiger partial charge >= 0.3 is 0 Å². The molecule has 1 N–H and O–H groups in total. The predicted molar refractivity (Wildman–Crippen MR) is 114 cm³/mol. The summed E-state index contributed by atoms with van der Waals surface area (Å²) in [6.07, 6.45) is 0. The molecule has 2 aromatic carbocycles. The summed E-state index contributed by atoms with van der Waals surface area (Å²) in [5.41, 5.74) is 4.91. The summed E-state index contributed by atoms with van der Waals surface area (Å²) in [5, 5.41) is 13.1. The highest BCUT2D eigenvalue weighted by Gasteiger charge is 2.19. The zero-order valence-electron chi connectivity index (χ0n) is 16.7. The Hall–Kier alpha value is -1.53. The lowest BCUT2D eigenvalue weighted by molar-refractivity contribution is 0.474. The van der Waals surface area contributed by atoms with Gasteiger partial charge in [-0.05, 0) is 61.9 Å². The molecule has 0 amide bonds. The third-order valence-corrected chi connectivity index (χ3v) is 6.33. The summed E-state index contributed by atoms with van der Waals surface area (Å²) in [7, 11) is 0.452. The number of aryl methyl sites for hydroxylation is 2. The highest BCUT2D eigenvalue weighted by molar-refractivity contribution is 7.56. The Balaban J connectivity index is 2.55. The van der Waals surface area contributed by atoms with Crippen molar-refractivity contribution in [1.82, 2.24) is 0 Å². The molecule has 0 heterocycles. The molecule has 0 aromatic heterocycles. The molecule has 0 saturated carbocycles. The normalized spacial score (nSPS) is 12.1. The molecule has 2 aromatic rings. The standard InChI is InChI=1S/C22H32NOP/c1-8-23(9-2)18-12-10-11-15(3)21(18)25-19-14-17(22(5,6)7)13-16(4)20(19)24/h10-14,24-25H,8-9H2,1-7H3. The quantitative estimate of drug-likeness (QED) is 0.778. The van der Waals surface area contributed by atoms with Crippen molar-refractivity contribution in [1.29, 1.82) is 0 Å². The van der Waals surface area contributed by atoms with E-state index < -0.39 is 0 Å². The minimum absolute atomic E-state index is 0.0745. The van der Waals surface area contributed by atoms with Crippen LogP contribution >= 0.6 is 8.58 Å². The second-order valence-corrected chi connectivity index (χ2v) is 8.99. The molecule has 0 fully saturated rings. The minimum Gasteiger partial charge on any atom is -0.507 e. The second-order valence-electron chi connectivity index (χ2n) is 7.71. The highest BCUT2D eigenvalue weighted by Crippen LogP contribution is 2.32. The van der Waals surface area contributed by atoms with Gasteiger partial charge in [0, 0.05) is 29.4 Å². The first-order chi connectivity index (χ1) is 11.7. The van der Waals surface area contributed by atoms with Crippen LogP contribution in [0.1, 0.15) is 51.3 Å². The summed E-state index contributed by atoms with van der Waals surface area (Å²) in [5.74, 6) is 0.445. The van der Waals surface area contributed by atoms with Crippen LogP contribution in [0.25, 0.3) is 0 Å². The molecule has 1 atom stereocenters. The maximum Gasteiger partial charge on any atom is 0.126 e. The predicted octanol–water partition coefficient (Wildman–Crippen LogP) is 4.78. The monoisotopic (exact) mass is 357 g/mol. The lowest BCUT2D eigenvalue weighted by Crippen LogP contribution is -2.27. The SMILES string of the molecule is CCN(CC)c1cccc(C)c1Pc1cc(C(C)(C)C)cc(C)c1O. The van der Waals surface area contributed by atoms with Crippen LogP contribution in [0.15, 0.2) is 30.3 Å². The number of anilines is 1. The van der Waals surface area contributed by atoms with E-state index in [1.54, 1.807) is 0 Å². The van der Waals surface area contributed by atoms with E-state index in [2.05, 4.69) is 76.8 Å². The molecular formula is C22H32NOP. The van der Waals surface area contributed by atoms with Crippen molar-refractivity contribution in [3.8, 4) is 5.75 Å². The molecular weight excluding hydrogens is 325 g/mol. The number of benzene rings is 2. The summed E-state index contributed by atoms with van der Waals surface area (Å²) in [4.78, 5) is 2.40. The molecule has 0 aliphatic rings. The van der Waals surface area contributed by atoms with Crippen molar-refractivity contribution < 1.29 is 5.11 Å². The van der Waals surface area contributed by atoms with Gasteiger partial charge < -0.3 is 10.0 Å². The number of aromatic hydroxyl groups is 1. The first-order valence-electron chi connectivity index (χ1n) is 9.14. The van der Waals surface area contributed by atoms with E-state index in [-0.39, 0.29) is 5.41 Å². The Kier molecular flexibility index (Phi) is 6.16. The van der Waals surface area contributed by atoms with Gasteiger partial charge in [0.2, 0.25) is 0 Å². The molecule has 25 heavy (non-hydrogen) atoms. The van der Waals surface area contributed by atoms with E-state index in [0.29, 0.717) is 14.3 Å². The van der Waals surface area contributed by atoms with Gasteiger partial charge in [0.15, 0.2) is 0 Å². The van der Waals surface area contributed by atoms with Gasteiger partial charge in [-0.1, -0.05) is 47.6 Å². The van der Waals surface area contributed by atoms with Gasteiger partial charge in [0.05, 0.1) is 0 Å². The number of phenols is 1. The molecule has 136 valence electrons. The van der Waals surface area contributed by atoms with Gasteiger partial charge in [-0.3, -0.25) is 0 Å². The van der Waals surface area contributed by atoms with E-state index in [4.69, 9.17) is 0 Å². The van der Waals surface area contributed by atoms with E-state index in [0.717, 1.165) is 24.0 Å². The summed E-state index contributed by atoms with van der Waals surface area (Å²) in [6.45, 7) is 17.2. The van der Waals surface area contributed by atoms with Crippen LogP contribution < -0.4 is 15.5 Å². The molecule has 0 radical (unpaired) electrons. The van der Waals surface area contributed by atoms with Crippen LogP contribution in [0.2, 0.25) is 0 Å². The molecule has 0 saturated heterocycles. The van der Waals surface area contributed by atoms with Crippen molar-refractivity contribution in [2.75, 3.05) is 18.0 Å². The van der Waals surface area contributed by atoms with Crippen LogP contribution in [-0.4, -0.2) is 18.2 Å². The Morgan fingerprint density at radius 1 is 1.00 bits per heavy atom. The number of rotatable bonds is 5. The lowest BCUT2D eigenvalue weighted by Gasteiger charge is -2.26. The van der Waals surface area contributed by atoms with Crippen molar-refractivity contribution in [3.63, 3.8) is 0 Å². The zero-order chi connectivity index (χ0) is 18.8.